The van der Waals surface area contributed by atoms with Crippen LogP contribution >= 0.6 is 11.6 Å². The second-order valence-electron chi connectivity index (χ2n) is 4.59. The minimum absolute atomic E-state index is 0.375. The van der Waals surface area contributed by atoms with Crippen molar-refractivity contribution in [3.63, 3.8) is 0 Å². The highest BCUT2D eigenvalue weighted by Gasteiger charge is 2.26. The number of nitrogens with one attached hydrogen (secondary N) is 1. The molecule has 4 nitrogen and oxygen atoms in total. The first kappa shape index (κ1) is 13.6. The Hall–Kier alpha value is -0.870. The summed E-state index contributed by atoms with van der Waals surface area (Å²) >= 11 is 5.96. The van der Waals surface area contributed by atoms with Crippen molar-refractivity contribution >= 4 is 17.4 Å². The molecule has 5 heteroatoms. The van der Waals surface area contributed by atoms with Gasteiger partial charge < -0.3 is 10.1 Å². The topological polar surface area (TPSA) is 47.0 Å². The number of nitrogens with zero attached hydrogens (tertiary/aromatic N) is 2. The van der Waals surface area contributed by atoms with Crippen molar-refractivity contribution in [3.8, 4) is 0 Å². The first-order valence-corrected chi connectivity index (χ1v) is 6.99. The van der Waals surface area contributed by atoms with Crippen LogP contribution in [-0.2, 0) is 11.2 Å². The van der Waals surface area contributed by atoms with Gasteiger partial charge in [-0.1, -0.05) is 25.4 Å². The second kappa shape index (κ2) is 6.34. The van der Waals surface area contributed by atoms with Crippen molar-refractivity contribution in [1.29, 1.82) is 0 Å². The molecule has 2 heterocycles. The number of aromatic nitrogens is 2. The summed E-state index contributed by atoms with van der Waals surface area (Å²) in [6.07, 6.45) is 3.35. The monoisotopic (exact) mass is 269 g/mol. The van der Waals surface area contributed by atoms with Gasteiger partial charge in [0.2, 0.25) is 0 Å². The summed E-state index contributed by atoms with van der Waals surface area (Å²) in [5.74, 6) is 2.15. The summed E-state index contributed by atoms with van der Waals surface area (Å²) < 4.78 is 5.67. The summed E-state index contributed by atoms with van der Waals surface area (Å²) in [4.78, 5) is 8.57. The van der Waals surface area contributed by atoms with Gasteiger partial charge >= 0.3 is 0 Å². The Bertz CT molecular complexity index is 400. The van der Waals surface area contributed by atoms with E-state index in [9.17, 15) is 0 Å². The Morgan fingerprint density at radius 2 is 2.28 bits per heavy atom. The molecule has 1 N–H and O–H groups in total. The van der Waals surface area contributed by atoms with E-state index in [1.54, 1.807) is 6.07 Å². The lowest BCUT2D eigenvalue weighted by Crippen LogP contribution is -2.23. The molecule has 1 aliphatic heterocycles. The molecule has 1 saturated heterocycles. The molecule has 0 aromatic carbocycles. The molecular formula is C13H20ClN3O. The van der Waals surface area contributed by atoms with Crippen LogP contribution in [0.15, 0.2) is 6.07 Å². The molecule has 2 rings (SSSR count). The molecular weight excluding hydrogens is 250 g/mol. The van der Waals surface area contributed by atoms with Crippen LogP contribution in [0.25, 0.3) is 0 Å². The van der Waals surface area contributed by atoms with E-state index in [0.29, 0.717) is 17.2 Å². The molecule has 1 aromatic rings. The van der Waals surface area contributed by atoms with Crippen LogP contribution in [0.3, 0.4) is 0 Å². The first-order valence-electron chi connectivity index (χ1n) is 6.61. The van der Waals surface area contributed by atoms with Gasteiger partial charge in [-0.3, -0.25) is 0 Å². The van der Waals surface area contributed by atoms with E-state index in [0.717, 1.165) is 44.1 Å². The van der Waals surface area contributed by atoms with E-state index < -0.39 is 0 Å². The van der Waals surface area contributed by atoms with Gasteiger partial charge in [0.05, 0.1) is 6.10 Å². The van der Waals surface area contributed by atoms with Gasteiger partial charge in [0.1, 0.15) is 16.8 Å². The van der Waals surface area contributed by atoms with E-state index in [2.05, 4.69) is 22.2 Å². The Morgan fingerprint density at radius 3 is 3.00 bits per heavy atom. The van der Waals surface area contributed by atoms with Gasteiger partial charge in [0.15, 0.2) is 0 Å². The van der Waals surface area contributed by atoms with Crippen molar-refractivity contribution < 1.29 is 4.74 Å². The Kier molecular flexibility index (Phi) is 4.78. The molecule has 0 aliphatic carbocycles. The van der Waals surface area contributed by atoms with Gasteiger partial charge in [-0.05, 0) is 12.8 Å². The second-order valence-corrected chi connectivity index (χ2v) is 4.98. The highest BCUT2D eigenvalue weighted by molar-refractivity contribution is 6.29. The van der Waals surface area contributed by atoms with Gasteiger partial charge in [0, 0.05) is 31.6 Å². The number of ether oxygens (including phenoxy) is 1. The highest BCUT2D eigenvalue weighted by Crippen LogP contribution is 2.23. The number of hydrogen-bond donors (Lipinski definition) is 1. The lowest BCUT2D eigenvalue weighted by atomic mass is 10.00. The van der Waals surface area contributed by atoms with E-state index in [-0.39, 0.29) is 0 Å². The van der Waals surface area contributed by atoms with Crippen LogP contribution in [0, 0.1) is 5.92 Å². The molecule has 0 radical (unpaired) electrons. The van der Waals surface area contributed by atoms with E-state index in [1.807, 2.05) is 6.92 Å². The van der Waals surface area contributed by atoms with E-state index in [1.165, 1.54) is 0 Å². The quantitative estimate of drug-likeness (QED) is 0.835. The molecule has 2 unspecified atom stereocenters. The zero-order chi connectivity index (χ0) is 13.0. The molecule has 2 atom stereocenters. The molecule has 0 spiro atoms. The van der Waals surface area contributed by atoms with Crippen LogP contribution in [-0.4, -0.2) is 29.2 Å². The molecule has 18 heavy (non-hydrogen) atoms. The molecule has 0 saturated carbocycles. The lowest BCUT2D eigenvalue weighted by Gasteiger charge is -2.17. The molecule has 1 aromatic heterocycles. The van der Waals surface area contributed by atoms with Crippen molar-refractivity contribution in [2.24, 2.45) is 5.92 Å². The maximum Gasteiger partial charge on any atom is 0.134 e. The zero-order valence-corrected chi connectivity index (χ0v) is 11.7. The lowest BCUT2D eigenvalue weighted by molar-refractivity contribution is 0.0900. The predicted molar refractivity (Wildman–Crippen MR) is 73.0 cm³/mol. The summed E-state index contributed by atoms with van der Waals surface area (Å²) in [5.41, 5.74) is 0. The molecule has 100 valence electrons. The number of halogens is 1. The summed E-state index contributed by atoms with van der Waals surface area (Å²) in [5, 5.41) is 3.85. The number of hydrogen-bond acceptors (Lipinski definition) is 4. The fourth-order valence-corrected chi connectivity index (χ4v) is 2.53. The molecule has 0 amide bonds. The highest BCUT2D eigenvalue weighted by atomic mass is 35.5. The maximum atomic E-state index is 5.96. The smallest absolute Gasteiger partial charge is 0.134 e. The Morgan fingerprint density at radius 1 is 1.44 bits per heavy atom. The van der Waals surface area contributed by atoms with Crippen molar-refractivity contribution in [2.45, 2.75) is 39.2 Å². The predicted octanol–water partition coefficient (Wildman–Crippen LogP) is 2.92. The van der Waals surface area contributed by atoms with Crippen LogP contribution in [0.5, 0.6) is 0 Å². The van der Waals surface area contributed by atoms with Crippen LogP contribution < -0.4 is 5.32 Å². The van der Waals surface area contributed by atoms with Crippen LogP contribution in [0.2, 0.25) is 5.15 Å². The van der Waals surface area contributed by atoms with Crippen molar-refractivity contribution in [3.05, 3.63) is 17.0 Å². The first-order chi connectivity index (χ1) is 8.72. The molecule has 1 fully saturated rings. The number of rotatable bonds is 5. The molecule has 1 aliphatic rings. The van der Waals surface area contributed by atoms with Crippen molar-refractivity contribution in [2.75, 3.05) is 18.5 Å². The third-order valence-electron chi connectivity index (χ3n) is 3.35. The minimum atomic E-state index is 0.375. The SMILES string of the molecule is CCc1nc(Cl)cc(NCC2CCOC2CC)n1. The fraction of sp³-hybridized carbons (Fsp3) is 0.692. The van der Waals surface area contributed by atoms with Gasteiger partial charge in [-0.2, -0.15) is 0 Å². The average Bonchev–Trinajstić information content (AvgIpc) is 2.83. The summed E-state index contributed by atoms with van der Waals surface area (Å²) in [7, 11) is 0. The third kappa shape index (κ3) is 3.33. The summed E-state index contributed by atoms with van der Waals surface area (Å²) in [6, 6.07) is 1.78. The molecule has 0 bridgehead atoms. The number of anilines is 1. The number of aryl methyl sites for hydroxylation is 1. The maximum absolute atomic E-state index is 5.96. The standard InChI is InChI=1S/C13H20ClN3O/c1-3-10-9(5-6-18-10)8-15-13-7-11(14)16-12(4-2)17-13/h7,9-10H,3-6,8H2,1-2H3,(H,15,16,17). The Labute approximate surface area is 113 Å². The summed E-state index contributed by atoms with van der Waals surface area (Å²) in [6.45, 7) is 5.94. The van der Waals surface area contributed by atoms with Gasteiger partial charge in [-0.25, -0.2) is 9.97 Å². The van der Waals surface area contributed by atoms with E-state index >= 15 is 0 Å². The largest absolute Gasteiger partial charge is 0.378 e. The van der Waals surface area contributed by atoms with Crippen LogP contribution in [0.4, 0.5) is 5.82 Å². The minimum Gasteiger partial charge on any atom is -0.378 e. The van der Waals surface area contributed by atoms with Crippen molar-refractivity contribution in [1.82, 2.24) is 9.97 Å². The third-order valence-corrected chi connectivity index (χ3v) is 3.55. The van der Waals surface area contributed by atoms with Crippen LogP contribution in [0.1, 0.15) is 32.5 Å². The fourth-order valence-electron chi connectivity index (χ4n) is 2.33. The van der Waals surface area contributed by atoms with Gasteiger partial charge in [0.25, 0.3) is 0 Å². The normalized spacial score (nSPS) is 23.3. The zero-order valence-electron chi connectivity index (χ0n) is 10.9. The van der Waals surface area contributed by atoms with E-state index in [4.69, 9.17) is 16.3 Å². The Balaban J connectivity index is 1.95. The van der Waals surface area contributed by atoms with Gasteiger partial charge in [-0.15, -0.1) is 0 Å². The average molecular weight is 270 g/mol.